The Bertz CT molecular complexity index is 1560. The van der Waals surface area contributed by atoms with Crippen LogP contribution < -0.4 is 5.73 Å². The second-order valence-electron chi connectivity index (χ2n) is 7.65. The Hall–Kier alpha value is -4.40. The van der Waals surface area contributed by atoms with E-state index in [1.165, 1.54) is 24.4 Å². The number of carbonyl (C=O) groups excluding carboxylic acids is 1. The molecule has 2 aromatic carbocycles. The molecular formula is C25H19F2N5O2. The number of nitrogens with zero attached hydrogens (tertiary/aromatic N) is 4. The SMILES string of the molecule is CCOC(=O)Cc1cn2c(-c3cc(F)c4ncccc4c3)c(-c3cccc(F)c3)nc(N)c2n1. The molecule has 170 valence electrons. The predicted molar refractivity (Wildman–Crippen MR) is 124 cm³/mol. The molecule has 3 heterocycles. The van der Waals surface area contributed by atoms with Crippen LogP contribution in [-0.4, -0.2) is 31.9 Å². The summed E-state index contributed by atoms with van der Waals surface area (Å²) in [6.07, 6.45) is 3.08. The standard InChI is InChI=1S/C25H19F2N5O2/c1-2-34-20(33)12-18-13-32-23(16-9-14-6-4-8-29-21(14)19(27)11-16)22(31-24(28)25(32)30-18)15-5-3-7-17(26)10-15/h3-11,13H,2,12H2,1H3,(H2,28,31). The van der Waals surface area contributed by atoms with Gasteiger partial charge in [0.15, 0.2) is 11.5 Å². The van der Waals surface area contributed by atoms with Gasteiger partial charge in [0.2, 0.25) is 0 Å². The number of nitrogens with two attached hydrogens (primary N) is 1. The van der Waals surface area contributed by atoms with Gasteiger partial charge < -0.3 is 10.5 Å². The lowest BCUT2D eigenvalue weighted by Gasteiger charge is -2.14. The summed E-state index contributed by atoms with van der Waals surface area (Å²) >= 11 is 0. The minimum Gasteiger partial charge on any atom is -0.466 e. The highest BCUT2D eigenvalue weighted by Crippen LogP contribution is 2.35. The first kappa shape index (κ1) is 21.4. The summed E-state index contributed by atoms with van der Waals surface area (Å²) in [5, 5.41) is 0.583. The molecule has 0 bridgehead atoms. The lowest BCUT2D eigenvalue weighted by Crippen LogP contribution is -2.07. The van der Waals surface area contributed by atoms with Gasteiger partial charge in [0, 0.05) is 28.9 Å². The zero-order valence-electron chi connectivity index (χ0n) is 18.1. The number of halogens is 2. The molecule has 0 aliphatic rings. The lowest BCUT2D eigenvalue weighted by molar-refractivity contribution is -0.142. The molecule has 0 spiro atoms. The van der Waals surface area contributed by atoms with Gasteiger partial charge in [-0.25, -0.2) is 18.7 Å². The van der Waals surface area contributed by atoms with Crippen molar-refractivity contribution in [1.29, 1.82) is 0 Å². The van der Waals surface area contributed by atoms with Gasteiger partial charge in [-0.05, 0) is 37.3 Å². The summed E-state index contributed by atoms with van der Waals surface area (Å²) < 4.78 is 35.8. The molecule has 0 saturated carbocycles. The first-order valence-corrected chi connectivity index (χ1v) is 10.6. The molecule has 2 N–H and O–H groups in total. The number of pyridine rings is 1. The number of ether oxygens (including phenoxy) is 1. The zero-order chi connectivity index (χ0) is 23.8. The number of imidazole rings is 1. The largest absolute Gasteiger partial charge is 0.466 e. The van der Waals surface area contributed by atoms with Gasteiger partial charge in [0.25, 0.3) is 0 Å². The fourth-order valence-electron chi connectivity index (χ4n) is 3.96. The average Bonchev–Trinajstić information content (AvgIpc) is 3.23. The van der Waals surface area contributed by atoms with Crippen molar-refractivity contribution in [1.82, 2.24) is 19.4 Å². The van der Waals surface area contributed by atoms with Crippen LogP contribution in [-0.2, 0) is 16.0 Å². The van der Waals surface area contributed by atoms with Crippen LogP contribution in [0.1, 0.15) is 12.6 Å². The van der Waals surface area contributed by atoms with E-state index in [-0.39, 0.29) is 24.4 Å². The van der Waals surface area contributed by atoms with Crippen molar-refractivity contribution in [2.75, 3.05) is 12.3 Å². The van der Waals surface area contributed by atoms with Crippen molar-refractivity contribution in [3.63, 3.8) is 0 Å². The van der Waals surface area contributed by atoms with Crippen LogP contribution >= 0.6 is 0 Å². The maximum absolute atomic E-state index is 15.0. The number of rotatable bonds is 5. The Balaban J connectivity index is 1.81. The molecule has 0 fully saturated rings. The minimum absolute atomic E-state index is 0.0697. The third kappa shape index (κ3) is 3.81. The number of esters is 1. The fourth-order valence-corrected chi connectivity index (χ4v) is 3.96. The highest BCUT2D eigenvalue weighted by atomic mass is 19.1. The van der Waals surface area contributed by atoms with E-state index in [4.69, 9.17) is 10.5 Å². The lowest BCUT2D eigenvalue weighted by atomic mass is 10.0. The summed E-state index contributed by atoms with van der Waals surface area (Å²) in [4.78, 5) is 25.1. The van der Waals surface area contributed by atoms with Crippen LogP contribution in [0.15, 0.2) is 60.9 Å². The van der Waals surface area contributed by atoms with E-state index >= 15 is 4.39 Å². The van der Waals surface area contributed by atoms with Gasteiger partial charge in [-0.1, -0.05) is 18.2 Å². The first-order chi connectivity index (χ1) is 16.4. The van der Waals surface area contributed by atoms with E-state index in [9.17, 15) is 9.18 Å². The van der Waals surface area contributed by atoms with Crippen molar-refractivity contribution in [3.8, 4) is 22.5 Å². The molecular weight excluding hydrogens is 440 g/mol. The van der Waals surface area contributed by atoms with E-state index in [0.29, 0.717) is 39.2 Å². The Morgan fingerprint density at radius 2 is 1.94 bits per heavy atom. The van der Waals surface area contributed by atoms with Gasteiger partial charge >= 0.3 is 5.97 Å². The van der Waals surface area contributed by atoms with E-state index in [1.807, 2.05) is 0 Å². The van der Waals surface area contributed by atoms with Crippen molar-refractivity contribution >= 4 is 28.3 Å². The van der Waals surface area contributed by atoms with Crippen LogP contribution in [0.2, 0.25) is 0 Å². The van der Waals surface area contributed by atoms with E-state index in [1.54, 1.807) is 47.9 Å². The molecule has 5 aromatic rings. The third-order valence-electron chi connectivity index (χ3n) is 5.34. The predicted octanol–water partition coefficient (Wildman–Crippen LogP) is 4.58. The second kappa shape index (κ2) is 8.51. The van der Waals surface area contributed by atoms with Crippen molar-refractivity contribution < 1.29 is 18.3 Å². The average molecular weight is 459 g/mol. The molecule has 0 aliphatic carbocycles. The molecule has 0 aliphatic heterocycles. The first-order valence-electron chi connectivity index (χ1n) is 10.6. The third-order valence-corrected chi connectivity index (χ3v) is 5.34. The maximum atomic E-state index is 15.0. The number of aromatic nitrogens is 4. The molecule has 0 atom stereocenters. The number of fused-ring (bicyclic) bond motifs is 2. The van der Waals surface area contributed by atoms with Crippen LogP contribution in [0.3, 0.4) is 0 Å². The van der Waals surface area contributed by atoms with Gasteiger partial charge in [-0.15, -0.1) is 0 Å². The quantitative estimate of drug-likeness (QED) is 0.387. The molecule has 0 unspecified atom stereocenters. The zero-order valence-corrected chi connectivity index (χ0v) is 18.1. The molecule has 7 nitrogen and oxygen atoms in total. The van der Waals surface area contributed by atoms with Gasteiger partial charge in [-0.3, -0.25) is 14.2 Å². The summed E-state index contributed by atoms with van der Waals surface area (Å²) in [5.74, 6) is -1.32. The Morgan fingerprint density at radius 3 is 2.74 bits per heavy atom. The Kier molecular flexibility index (Phi) is 5.37. The summed E-state index contributed by atoms with van der Waals surface area (Å²) in [6, 6.07) is 12.5. The topological polar surface area (TPSA) is 95.4 Å². The van der Waals surface area contributed by atoms with Crippen molar-refractivity contribution in [2.24, 2.45) is 0 Å². The number of nitrogen functional groups attached to an aromatic ring is 1. The number of anilines is 1. The van der Waals surface area contributed by atoms with E-state index < -0.39 is 17.6 Å². The normalized spacial score (nSPS) is 11.3. The fraction of sp³-hybridized carbons (Fsp3) is 0.120. The molecule has 0 amide bonds. The highest BCUT2D eigenvalue weighted by Gasteiger charge is 2.21. The van der Waals surface area contributed by atoms with Gasteiger partial charge in [-0.2, -0.15) is 0 Å². The van der Waals surface area contributed by atoms with Crippen LogP contribution in [0.5, 0.6) is 0 Å². The molecule has 0 radical (unpaired) electrons. The highest BCUT2D eigenvalue weighted by molar-refractivity contribution is 5.89. The smallest absolute Gasteiger partial charge is 0.311 e. The van der Waals surface area contributed by atoms with E-state index in [0.717, 1.165) is 0 Å². The Morgan fingerprint density at radius 1 is 1.09 bits per heavy atom. The second-order valence-corrected chi connectivity index (χ2v) is 7.65. The maximum Gasteiger partial charge on any atom is 0.311 e. The monoisotopic (exact) mass is 459 g/mol. The van der Waals surface area contributed by atoms with Gasteiger partial charge in [0.1, 0.15) is 17.2 Å². The van der Waals surface area contributed by atoms with Crippen LogP contribution in [0.4, 0.5) is 14.6 Å². The molecule has 9 heteroatoms. The van der Waals surface area contributed by atoms with Crippen molar-refractivity contribution in [2.45, 2.75) is 13.3 Å². The summed E-state index contributed by atoms with van der Waals surface area (Å²) in [6.45, 7) is 1.96. The van der Waals surface area contributed by atoms with Gasteiger partial charge in [0.05, 0.1) is 30.1 Å². The van der Waals surface area contributed by atoms with Crippen LogP contribution in [0, 0.1) is 11.6 Å². The van der Waals surface area contributed by atoms with E-state index in [2.05, 4.69) is 15.0 Å². The van der Waals surface area contributed by atoms with Crippen LogP contribution in [0.25, 0.3) is 39.1 Å². The number of hydrogen-bond donors (Lipinski definition) is 1. The molecule has 5 rings (SSSR count). The minimum atomic E-state index is -0.518. The Labute approximate surface area is 192 Å². The number of benzene rings is 2. The van der Waals surface area contributed by atoms with Crippen molar-refractivity contribution in [3.05, 3.63) is 78.3 Å². The molecule has 0 saturated heterocycles. The molecule has 34 heavy (non-hydrogen) atoms. The molecule has 3 aromatic heterocycles. The summed E-state index contributed by atoms with van der Waals surface area (Å²) in [7, 11) is 0. The number of hydrogen-bond acceptors (Lipinski definition) is 6. The number of carbonyl (C=O) groups is 1. The summed E-state index contributed by atoms with van der Waals surface area (Å²) in [5.41, 5.74) is 8.85.